The van der Waals surface area contributed by atoms with Crippen LogP contribution < -0.4 is 0 Å². The van der Waals surface area contributed by atoms with Gasteiger partial charge in [-0.2, -0.15) is 5.10 Å². The number of phenolic OH excluding ortho intramolecular Hbond substituents is 1. The van der Waals surface area contributed by atoms with E-state index in [0.29, 0.717) is 27.5 Å². The maximum Gasteiger partial charge on any atom is 0.273 e. The van der Waals surface area contributed by atoms with Crippen molar-refractivity contribution in [1.29, 1.82) is 0 Å². The van der Waals surface area contributed by atoms with Crippen LogP contribution in [0.15, 0.2) is 36.4 Å². The lowest BCUT2D eigenvalue weighted by Gasteiger charge is -2.27. The molecule has 3 N–H and O–H groups in total. The summed E-state index contributed by atoms with van der Waals surface area (Å²) in [5.74, 6) is -0.184. The maximum atomic E-state index is 13.1. The summed E-state index contributed by atoms with van der Waals surface area (Å²) in [6.07, 6.45) is 0. The van der Waals surface area contributed by atoms with E-state index >= 15 is 0 Å². The SMILES string of the molecule is Cc1cc(O)c(-c2n[nH]c3c2C(c2ccc(C(C)(C)C)cc2)N(CCO)C3=O)cc1Cl. The van der Waals surface area contributed by atoms with Gasteiger partial charge in [0.25, 0.3) is 5.91 Å². The topological polar surface area (TPSA) is 89.5 Å². The number of amides is 1. The summed E-state index contributed by atoms with van der Waals surface area (Å²) in [5.41, 5.74) is 4.84. The number of nitrogens with one attached hydrogen (secondary N) is 1. The molecule has 0 saturated carbocycles. The van der Waals surface area contributed by atoms with Gasteiger partial charge in [-0.15, -0.1) is 0 Å². The number of β-amino-alcohol motifs (C(OH)–C–C–N with tert-alkyl or cyclic N) is 1. The first-order valence-electron chi connectivity index (χ1n) is 10.2. The third-order valence-electron chi connectivity index (χ3n) is 5.83. The quantitative estimate of drug-likeness (QED) is 0.555. The van der Waals surface area contributed by atoms with E-state index < -0.39 is 6.04 Å². The summed E-state index contributed by atoms with van der Waals surface area (Å²) < 4.78 is 0. The lowest BCUT2D eigenvalue weighted by atomic mass is 9.85. The number of aryl methyl sites for hydroxylation is 1. The molecule has 0 bridgehead atoms. The number of aliphatic hydroxyl groups excluding tert-OH is 1. The fourth-order valence-electron chi connectivity index (χ4n) is 4.11. The normalized spacial score (nSPS) is 16.1. The molecule has 4 rings (SSSR count). The fraction of sp³-hybridized carbons (Fsp3) is 0.333. The lowest BCUT2D eigenvalue weighted by Crippen LogP contribution is -2.32. The minimum Gasteiger partial charge on any atom is -0.507 e. The summed E-state index contributed by atoms with van der Waals surface area (Å²) in [7, 11) is 0. The summed E-state index contributed by atoms with van der Waals surface area (Å²) in [6.45, 7) is 8.29. The molecule has 2 aromatic carbocycles. The predicted molar refractivity (Wildman–Crippen MR) is 121 cm³/mol. The third-order valence-corrected chi connectivity index (χ3v) is 6.24. The first kappa shape index (κ1) is 21.4. The Hall–Kier alpha value is -2.83. The van der Waals surface area contributed by atoms with E-state index in [2.05, 4.69) is 43.1 Å². The number of rotatable bonds is 4. The monoisotopic (exact) mass is 439 g/mol. The van der Waals surface area contributed by atoms with Gasteiger partial charge in [-0.05, 0) is 41.2 Å². The number of H-pyrrole nitrogens is 1. The second kappa shape index (κ2) is 7.70. The van der Waals surface area contributed by atoms with Crippen LogP contribution in [0.4, 0.5) is 0 Å². The highest BCUT2D eigenvalue weighted by Gasteiger charge is 2.42. The van der Waals surface area contributed by atoms with Crippen molar-refractivity contribution in [2.45, 2.75) is 39.2 Å². The number of halogens is 1. The van der Waals surface area contributed by atoms with Gasteiger partial charge in [0.1, 0.15) is 17.1 Å². The molecule has 0 radical (unpaired) electrons. The molecule has 1 unspecified atom stereocenters. The van der Waals surface area contributed by atoms with E-state index in [1.54, 1.807) is 17.0 Å². The Morgan fingerprint density at radius 2 is 1.87 bits per heavy atom. The van der Waals surface area contributed by atoms with Crippen molar-refractivity contribution >= 4 is 17.5 Å². The smallest absolute Gasteiger partial charge is 0.273 e. The number of aliphatic hydroxyl groups is 1. The Morgan fingerprint density at radius 1 is 1.19 bits per heavy atom. The molecule has 2 heterocycles. The Labute approximate surface area is 186 Å². The van der Waals surface area contributed by atoms with E-state index in [9.17, 15) is 15.0 Å². The molecule has 162 valence electrons. The number of hydrogen-bond acceptors (Lipinski definition) is 4. The molecule has 1 aliphatic heterocycles. The molecule has 0 fully saturated rings. The zero-order chi connectivity index (χ0) is 22.5. The van der Waals surface area contributed by atoms with Crippen molar-refractivity contribution in [3.05, 3.63) is 69.4 Å². The van der Waals surface area contributed by atoms with Gasteiger partial charge in [-0.25, -0.2) is 0 Å². The van der Waals surface area contributed by atoms with Gasteiger partial charge in [-0.1, -0.05) is 56.6 Å². The van der Waals surface area contributed by atoms with Crippen LogP contribution in [0.3, 0.4) is 0 Å². The number of nitrogens with zero attached hydrogens (tertiary/aromatic N) is 2. The molecule has 0 spiro atoms. The van der Waals surface area contributed by atoms with Crippen LogP contribution in [0.25, 0.3) is 11.3 Å². The second-order valence-corrected chi connectivity index (χ2v) is 9.38. The highest BCUT2D eigenvalue weighted by atomic mass is 35.5. The third kappa shape index (κ3) is 3.60. The molecule has 3 aromatic rings. The van der Waals surface area contributed by atoms with Crippen LogP contribution >= 0.6 is 11.6 Å². The highest BCUT2D eigenvalue weighted by molar-refractivity contribution is 6.31. The molecule has 7 heteroatoms. The largest absolute Gasteiger partial charge is 0.507 e. The van der Waals surface area contributed by atoms with E-state index in [-0.39, 0.29) is 30.2 Å². The highest BCUT2D eigenvalue weighted by Crippen LogP contribution is 2.45. The van der Waals surface area contributed by atoms with Crippen molar-refractivity contribution in [1.82, 2.24) is 15.1 Å². The van der Waals surface area contributed by atoms with E-state index in [1.807, 2.05) is 19.1 Å². The predicted octanol–water partition coefficient (Wildman–Crippen LogP) is 4.58. The van der Waals surface area contributed by atoms with Crippen LogP contribution in [0, 0.1) is 6.92 Å². The number of aromatic hydroxyl groups is 1. The molecular weight excluding hydrogens is 414 g/mol. The van der Waals surface area contributed by atoms with Gasteiger partial charge in [-0.3, -0.25) is 9.89 Å². The van der Waals surface area contributed by atoms with E-state index in [1.165, 1.54) is 5.56 Å². The zero-order valence-electron chi connectivity index (χ0n) is 18.0. The Bertz CT molecular complexity index is 1150. The Balaban J connectivity index is 1.88. The van der Waals surface area contributed by atoms with Gasteiger partial charge in [0.2, 0.25) is 0 Å². The van der Waals surface area contributed by atoms with Crippen LogP contribution in [-0.4, -0.2) is 44.4 Å². The van der Waals surface area contributed by atoms with Crippen molar-refractivity contribution in [2.24, 2.45) is 0 Å². The minimum absolute atomic E-state index is 0.00517. The molecule has 1 aliphatic rings. The molecule has 6 nitrogen and oxygen atoms in total. The van der Waals surface area contributed by atoms with Crippen molar-refractivity contribution < 1.29 is 15.0 Å². The Kier molecular flexibility index (Phi) is 5.31. The Morgan fingerprint density at radius 3 is 2.48 bits per heavy atom. The van der Waals surface area contributed by atoms with E-state index in [4.69, 9.17) is 11.6 Å². The number of phenols is 1. The molecule has 1 amide bonds. The molecule has 0 aliphatic carbocycles. The van der Waals surface area contributed by atoms with Gasteiger partial charge in [0, 0.05) is 22.7 Å². The van der Waals surface area contributed by atoms with Crippen LogP contribution in [0.1, 0.15) is 59.6 Å². The zero-order valence-corrected chi connectivity index (χ0v) is 18.8. The maximum absolute atomic E-state index is 13.1. The van der Waals surface area contributed by atoms with Gasteiger partial charge in [0.05, 0.1) is 12.6 Å². The molecule has 31 heavy (non-hydrogen) atoms. The van der Waals surface area contributed by atoms with Crippen LogP contribution in [0.2, 0.25) is 5.02 Å². The van der Waals surface area contributed by atoms with Gasteiger partial charge in [0.15, 0.2) is 0 Å². The summed E-state index contributed by atoms with van der Waals surface area (Å²) >= 11 is 6.31. The van der Waals surface area contributed by atoms with Crippen molar-refractivity contribution in [2.75, 3.05) is 13.2 Å². The number of benzene rings is 2. The molecule has 1 aromatic heterocycles. The lowest BCUT2D eigenvalue weighted by molar-refractivity contribution is 0.0706. The minimum atomic E-state index is -0.433. The summed E-state index contributed by atoms with van der Waals surface area (Å²) in [6, 6.07) is 11.0. The number of aromatic amines is 1. The second-order valence-electron chi connectivity index (χ2n) is 8.98. The van der Waals surface area contributed by atoms with Crippen molar-refractivity contribution in [3.63, 3.8) is 0 Å². The van der Waals surface area contributed by atoms with Gasteiger partial charge >= 0.3 is 0 Å². The van der Waals surface area contributed by atoms with Crippen molar-refractivity contribution in [3.8, 4) is 17.0 Å². The standard InChI is InChI=1S/C24H26ClN3O3/c1-13-11-18(30)16(12-17(13)25)20-19-21(27-26-20)23(31)28(9-10-29)22(19)14-5-7-15(8-6-14)24(2,3)4/h5-8,11-12,22,29-30H,9-10H2,1-4H3,(H,26,27). The molecular formula is C24H26ClN3O3. The number of carbonyl (C=O) groups excluding carboxylic acids is 1. The first-order valence-corrected chi connectivity index (χ1v) is 10.6. The molecule has 1 atom stereocenters. The number of carbonyl (C=O) groups is 1. The fourth-order valence-corrected chi connectivity index (χ4v) is 4.27. The molecule has 0 saturated heterocycles. The van der Waals surface area contributed by atoms with Crippen LogP contribution in [-0.2, 0) is 5.41 Å². The number of hydrogen-bond donors (Lipinski definition) is 3. The van der Waals surface area contributed by atoms with Gasteiger partial charge < -0.3 is 15.1 Å². The average Bonchev–Trinajstić information content (AvgIpc) is 3.24. The van der Waals surface area contributed by atoms with E-state index in [0.717, 1.165) is 11.1 Å². The first-order chi connectivity index (χ1) is 14.6. The number of fused-ring (bicyclic) bond motifs is 1. The number of aromatic nitrogens is 2. The summed E-state index contributed by atoms with van der Waals surface area (Å²) in [4.78, 5) is 14.7. The van der Waals surface area contributed by atoms with Crippen LogP contribution in [0.5, 0.6) is 5.75 Å². The average molecular weight is 440 g/mol. The summed E-state index contributed by atoms with van der Waals surface area (Å²) in [5, 5.41) is 27.9.